The van der Waals surface area contributed by atoms with E-state index in [1.165, 1.54) is 6.42 Å². The number of hydrogen-bond acceptors (Lipinski definition) is 2. The fraction of sp³-hybridized carbons (Fsp3) is 1.00. The molecule has 0 spiro atoms. The quantitative estimate of drug-likeness (QED) is 0.694. The van der Waals surface area contributed by atoms with Gasteiger partial charge in [0.05, 0.1) is 6.61 Å². The molecule has 3 heteroatoms. The molecule has 1 unspecified atom stereocenters. The standard InChI is InChI=1S/C9H18BrNO/c1-9(2,7-10)11(3)8-4-5-12-6-8/h8H,4-7H2,1-3H3. The molecule has 1 rings (SSSR count). The maximum Gasteiger partial charge on any atom is 0.0622 e. The molecule has 0 aliphatic carbocycles. The predicted octanol–water partition coefficient (Wildman–Crippen LogP) is 1.88. The Bertz CT molecular complexity index is 143. The van der Waals surface area contributed by atoms with Crippen LogP contribution in [0.1, 0.15) is 20.3 Å². The highest BCUT2D eigenvalue weighted by atomic mass is 79.9. The van der Waals surface area contributed by atoms with Gasteiger partial charge in [-0.25, -0.2) is 0 Å². The maximum absolute atomic E-state index is 5.36. The molecule has 0 aromatic carbocycles. The summed E-state index contributed by atoms with van der Waals surface area (Å²) in [5.41, 5.74) is 0.234. The van der Waals surface area contributed by atoms with E-state index in [2.05, 4.69) is 41.7 Å². The summed E-state index contributed by atoms with van der Waals surface area (Å²) in [7, 11) is 2.18. The third kappa shape index (κ3) is 2.21. The molecule has 0 aromatic heterocycles. The molecule has 0 amide bonds. The van der Waals surface area contributed by atoms with Crippen LogP contribution in [-0.4, -0.2) is 42.1 Å². The van der Waals surface area contributed by atoms with Crippen molar-refractivity contribution in [1.29, 1.82) is 0 Å². The lowest BCUT2D eigenvalue weighted by molar-refractivity contribution is 0.101. The molecule has 0 N–H and O–H groups in total. The summed E-state index contributed by atoms with van der Waals surface area (Å²) in [6.45, 7) is 6.32. The highest BCUT2D eigenvalue weighted by molar-refractivity contribution is 9.09. The summed E-state index contributed by atoms with van der Waals surface area (Å²) in [6.07, 6.45) is 1.17. The van der Waals surface area contributed by atoms with Gasteiger partial charge in [-0.05, 0) is 27.3 Å². The monoisotopic (exact) mass is 235 g/mol. The highest BCUT2D eigenvalue weighted by Crippen LogP contribution is 2.22. The normalized spacial score (nSPS) is 25.2. The zero-order valence-electron chi connectivity index (χ0n) is 8.14. The SMILES string of the molecule is CN(C1CCOC1)C(C)(C)CBr. The largest absolute Gasteiger partial charge is 0.380 e. The molecule has 0 radical (unpaired) electrons. The van der Waals surface area contributed by atoms with Gasteiger partial charge in [0.2, 0.25) is 0 Å². The number of alkyl halides is 1. The average molecular weight is 236 g/mol. The maximum atomic E-state index is 5.36. The minimum absolute atomic E-state index is 0.234. The Labute approximate surface area is 83.4 Å². The molecular formula is C9H18BrNO. The van der Waals surface area contributed by atoms with Gasteiger partial charge in [0.15, 0.2) is 0 Å². The zero-order valence-corrected chi connectivity index (χ0v) is 9.73. The van der Waals surface area contributed by atoms with Crippen molar-refractivity contribution < 1.29 is 4.74 Å². The van der Waals surface area contributed by atoms with E-state index in [0.29, 0.717) is 6.04 Å². The van der Waals surface area contributed by atoms with Crippen molar-refractivity contribution >= 4 is 15.9 Å². The Morgan fingerprint density at radius 3 is 2.67 bits per heavy atom. The lowest BCUT2D eigenvalue weighted by Crippen LogP contribution is -2.48. The van der Waals surface area contributed by atoms with Crippen molar-refractivity contribution in [2.75, 3.05) is 25.6 Å². The Kier molecular flexibility index (Phi) is 3.56. The summed E-state index contributed by atoms with van der Waals surface area (Å²) in [6, 6.07) is 0.609. The van der Waals surface area contributed by atoms with Crippen molar-refractivity contribution in [2.24, 2.45) is 0 Å². The number of rotatable bonds is 3. The first-order valence-electron chi connectivity index (χ1n) is 4.44. The fourth-order valence-corrected chi connectivity index (χ4v) is 1.81. The molecule has 72 valence electrons. The van der Waals surface area contributed by atoms with Gasteiger partial charge in [-0.1, -0.05) is 15.9 Å². The summed E-state index contributed by atoms with van der Waals surface area (Å²) in [4.78, 5) is 2.41. The van der Waals surface area contributed by atoms with Gasteiger partial charge in [-0.3, -0.25) is 4.90 Å². The van der Waals surface area contributed by atoms with E-state index < -0.39 is 0 Å². The van der Waals surface area contributed by atoms with Gasteiger partial charge in [0.1, 0.15) is 0 Å². The topological polar surface area (TPSA) is 12.5 Å². The first-order valence-corrected chi connectivity index (χ1v) is 5.57. The first kappa shape index (κ1) is 10.5. The van der Waals surface area contributed by atoms with E-state index in [9.17, 15) is 0 Å². The minimum Gasteiger partial charge on any atom is -0.380 e. The van der Waals surface area contributed by atoms with Crippen molar-refractivity contribution in [3.8, 4) is 0 Å². The Hall–Kier alpha value is 0.400. The van der Waals surface area contributed by atoms with E-state index in [1.807, 2.05) is 0 Å². The van der Waals surface area contributed by atoms with Gasteiger partial charge in [-0.15, -0.1) is 0 Å². The van der Waals surface area contributed by atoms with E-state index >= 15 is 0 Å². The fourth-order valence-electron chi connectivity index (χ4n) is 1.42. The highest BCUT2D eigenvalue weighted by Gasteiger charge is 2.30. The van der Waals surface area contributed by atoms with Crippen LogP contribution in [0.4, 0.5) is 0 Å². The third-order valence-corrected chi connectivity index (χ3v) is 4.11. The Morgan fingerprint density at radius 2 is 2.25 bits per heavy atom. The number of nitrogens with zero attached hydrogens (tertiary/aromatic N) is 1. The van der Waals surface area contributed by atoms with Crippen molar-refractivity contribution in [2.45, 2.75) is 31.8 Å². The van der Waals surface area contributed by atoms with E-state index in [0.717, 1.165) is 18.5 Å². The molecule has 1 saturated heterocycles. The number of hydrogen-bond donors (Lipinski definition) is 0. The second kappa shape index (κ2) is 4.07. The average Bonchev–Trinajstić information content (AvgIpc) is 2.55. The van der Waals surface area contributed by atoms with E-state index in [4.69, 9.17) is 4.74 Å². The molecule has 0 aromatic rings. The summed E-state index contributed by atoms with van der Waals surface area (Å²) < 4.78 is 5.36. The van der Waals surface area contributed by atoms with Gasteiger partial charge in [0.25, 0.3) is 0 Å². The van der Waals surface area contributed by atoms with Crippen molar-refractivity contribution in [3.05, 3.63) is 0 Å². The lowest BCUT2D eigenvalue weighted by Gasteiger charge is -2.37. The molecule has 2 nitrogen and oxygen atoms in total. The van der Waals surface area contributed by atoms with E-state index in [1.54, 1.807) is 0 Å². The Morgan fingerprint density at radius 1 is 1.58 bits per heavy atom. The van der Waals surface area contributed by atoms with Crippen LogP contribution < -0.4 is 0 Å². The zero-order chi connectivity index (χ0) is 9.19. The molecule has 0 saturated carbocycles. The van der Waals surface area contributed by atoms with Gasteiger partial charge < -0.3 is 4.74 Å². The number of halogens is 1. The summed E-state index contributed by atoms with van der Waals surface area (Å²) >= 11 is 3.54. The second-order valence-electron chi connectivity index (χ2n) is 4.07. The van der Waals surface area contributed by atoms with Crippen LogP contribution in [0.15, 0.2) is 0 Å². The van der Waals surface area contributed by atoms with Crippen molar-refractivity contribution in [3.63, 3.8) is 0 Å². The van der Waals surface area contributed by atoms with Crippen LogP contribution >= 0.6 is 15.9 Å². The first-order chi connectivity index (χ1) is 5.58. The van der Waals surface area contributed by atoms with Gasteiger partial charge in [-0.2, -0.15) is 0 Å². The molecule has 1 fully saturated rings. The number of ether oxygens (including phenoxy) is 1. The molecule has 0 bridgehead atoms. The lowest BCUT2D eigenvalue weighted by atomic mass is 10.0. The second-order valence-corrected chi connectivity index (χ2v) is 4.64. The Balaban J connectivity index is 2.50. The molecule has 1 heterocycles. The number of likely N-dealkylation sites (N-methyl/N-ethyl adjacent to an activating group) is 1. The van der Waals surface area contributed by atoms with Crippen LogP contribution in [0.25, 0.3) is 0 Å². The molecule has 12 heavy (non-hydrogen) atoms. The minimum atomic E-state index is 0.234. The van der Waals surface area contributed by atoms with Crippen LogP contribution in [0.3, 0.4) is 0 Å². The van der Waals surface area contributed by atoms with Gasteiger partial charge >= 0.3 is 0 Å². The summed E-state index contributed by atoms with van der Waals surface area (Å²) in [5.74, 6) is 0. The van der Waals surface area contributed by atoms with Crippen LogP contribution in [-0.2, 0) is 4.74 Å². The molecule has 1 aliphatic heterocycles. The molecule has 1 atom stereocenters. The van der Waals surface area contributed by atoms with Crippen LogP contribution in [0.5, 0.6) is 0 Å². The molecular weight excluding hydrogens is 218 g/mol. The summed E-state index contributed by atoms with van der Waals surface area (Å²) in [5, 5.41) is 1.01. The van der Waals surface area contributed by atoms with E-state index in [-0.39, 0.29) is 5.54 Å². The van der Waals surface area contributed by atoms with Gasteiger partial charge in [0, 0.05) is 23.5 Å². The van der Waals surface area contributed by atoms with Crippen LogP contribution in [0, 0.1) is 0 Å². The van der Waals surface area contributed by atoms with Crippen molar-refractivity contribution in [1.82, 2.24) is 4.90 Å². The predicted molar refractivity (Wildman–Crippen MR) is 54.9 cm³/mol. The van der Waals surface area contributed by atoms with Crippen LogP contribution in [0.2, 0.25) is 0 Å². The molecule has 1 aliphatic rings. The third-order valence-electron chi connectivity index (χ3n) is 2.74. The smallest absolute Gasteiger partial charge is 0.0622 e.